The van der Waals surface area contributed by atoms with E-state index in [2.05, 4.69) is 4.98 Å². The van der Waals surface area contributed by atoms with Crippen LogP contribution in [0.15, 0.2) is 23.8 Å². The van der Waals surface area contributed by atoms with Crippen molar-refractivity contribution in [1.82, 2.24) is 4.98 Å². The minimum absolute atomic E-state index is 0.145. The van der Waals surface area contributed by atoms with E-state index in [0.717, 1.165) is 5.69 Å². The molecule has 2 aliphatic rings. The van der Waals surface area contributed by atoms with Crippen molar-refractivity contribution in [2.24, 2.45) is 5.92 Å². The maximum absolute atomic E-state index is 12.8. The third-order valence-electron chi connectivity index (χ3n) is 4.30. The quantitative estimate of drug-likeness (QED) is 0.610. The van der Waals surface area contributed by atoms with Crippen molar-refractivity contribution in [3.63, 3.8) is 0 Å². The molecule has 5 heteroatoms. The Morgan fingerprint density at radius 2 is 2.14 bits per heavy atom. The molecule has 1 aromatic rings. The number of ketones is 1. The van der Waals surface area contributed by atoms with Crippen molar-refractivity contribution in [3.8, 4) is 5.88 Å². The Kier molecular flexibility index (Phi) is 3.08. The summed E-state index contributed by atoms with van der Waals surface area (Å²) >= 11 is 0. The van der Waals surface area contributed by atoms with Crippen LogP contribution in [0, 0.1) is 5.92 Å². The summed E-state index contributed by atoms with van der Waals surface area (Å²) in [5.74, 6) is -0.0216. The van der Waals surface area contributed by atoms with Crippen LogP contribution in [0.2, 0.25) is 0 Å². The highest BCUT2D eigenvalue weighted by atomic mass is 16.5. The average molecular weight is 287 g/mol. The number of aromatic nitrogens is 1. The number of carbonyl (C=O) groups excluding carboxylic acids is 2. The Bertz CT molecular complexity index is 664. The van der Waals surface area contributed by atoms with Crippen LogP contribution in [0.3, 0.4) is 0 Å². The number of fused-ring (bicyclic) bond motifs is 4. The first-order valence-electron chi connectivity index (χ1n) is 6.91. The number of esters is 1. The van der Waals surface area contributed by atoms with Gasteiger partial charge in [0.2, 0.25) is 5.88 Å². The van der Waals surface area contributed by atoms with E-state index >= 15 is 0 Å². The molecule has 0 saturated carbocycles. The van der Waals surface area contributed by atoms with Crippen molar-refractivity contribution >= 4 is 11.8 Å². The molecule has 0 aromatic carbocycles. The van der Waals surface area contributed by atoms with E-state index in [4.69, 9.17) is 9.47 Å². The number of methoxy groups -OCH3 is 2. The largest absolute Gasteiger partial charge is 0.481 e. The monoisotopic (exact) mass is 287 g/mol. The predicted molar refractivity (Wildman–Crippen MR) is 75.1 cm³/mol. The topological polar surface area (TPSA) is 65.5 Å². The summed E-state index contributed by atoms with van der Waals surface area (Å²) in [5.41, 5.74) is 0.777. The Labute approximate surface area is 123 Å². The zero-order chi connectivity index (χ0) is 15.2. The highest BCUT2D eigenvalue weighted by molar-refractivity contribution is 6.19. The molecule has 2 bridgehead atoms. The highest BCUT2D eigenvalue weighted by Gasteiger charge is 2.55. The van der Waals surface area contributed by atoms with Crippen LogP contribution in [0.5, 0.6) is 5.88 Å². The van der Waals surface area contributed by atoms with Crippen molar-refractivity contribution in [3.05, 3.63) is 35.0 Å². The normalized spacial score (nSPS) is 26.7. The lowest BCUT2D eigenvalue weighted by Crippen LogP contribution is -2.51. The molecule has 2 aliphatic carbocycles. The Morgan fingerprint density at radius 1 is 1.38 bits per heavy atom. The number of pyridine rings is 1. The third-order valence-corrected chi connectivity index (χ3v) is 4.30. The Morgan fingerprint density at radius 3 is 2.81 bits per heavy atom. The van der Waals surface area contributed by atoms with Crippen molar-refractivity contribution < 1.29 is 19.1 Å². The number of allylic oxidation sites excluding steroid dienone is 2. The average Bonchev–Trinajstić information content (AvgIpc) is 2.48. The van der Waals surface area contributed by atoms with Gasteiger partial charge in [-0.2, -0.15) is 0 Å². The maximum atomic E-state index is 12.8. The van der Waals surface area contributed by atoms with Crippen molar-refractivity contribution in [2.75, 3.05) is 14.2 Å². The standard InChI is InChI=1S/C16H17NO4/c1-9-6-10-7-12-11(4-5-13(17-12)20-2)16(8-9,14(10)18)15(19)21-3/h4-6,9H,7-8H2,1-3H3/t9?,16-/m0/s1. The zero-order valence-electron chi connectivity index (χ0n) is 12.3. The molecule has 0 N–H and O–H groups in total. The lowest BCUT2D eigenvalue weighted by atomic mass is 9.61. The van der Waals surface area contributed by atoms with Gasteiger partial charge in [-0.3, -0.25) is 9.59 Å². The van der Waals surface area contributed by atoms with Gasteiger partial charge in [0.1, 0.15) is 0 Å². The van der Waals surface area contributed by atoms with Crippen LogP contribution >= 0.6 is 0 Å². The number of hydrogen-bond acceptors (Lipinski definition) is 5. The van der Waals surface area contributed by atoms with E-state index in [1.807, 2.05) is 13.0 Å². The number of carbonyl (C=O) groups is 2. The van der Waals surface area contributed by atoms with E-state index in [1.165, 1.54) is 7.11 Å². The second-order valence-corrected chi connectivity index (χ2v) is 5.62. The Hall–Kier alpha value is -2.17. The van der Waals surface area contributed by atoms with Crippen LogP contribution in [-0.2, 0) is 26.2 Å². The van der Waals surface area contributed by atoms with Gasteiger partial charge in [0, 0.05) is 12.5 Å². The van der Waals surface area contributed by atoms with Gasteiger partial charge in [0.15, 0.2) is 11.2 Å². The number of hydrogen-bond donors (Lipinski definition) is 0. The summed E-state index contributed by atoms with van der Waals surface area (Å²) < 4.78 is 10.1. The van der Waals surface area contributed by atoms with Crippen LogP contribution in [0.1, 0.15) is 24.6 Å². The van der Waals surface area contributed by atoms with Gasteiger partial charge in [0.25, 0.3) is 0 Å². The van der Waals surface area contributed by atoms with E-state index in [1.54, 1.807) is 19.2 Å². The lowest BCUT2D eigenvalue weighted by Gasteiger charge is -2.40. The van der Waals surface area contributed by atoms with Gasteiger partial charge < -0.3 is 9.47 Å². The van der Waals surface area contributed by atoms with Gasteiger partial charge in [-0.25, -0.2) is 4.98 Å². The number of rotatable bonds is 2. The summed E-state index contributed by atoms with van der Waals surface area (Å²) in [6.07, 6.45) is 2.80. The highest BCUT2D eigenvalue weighted by Crippen LogP contribution is 2.46. The van der Waals surface area contributed by atoms with Crippen LogP contribution in [-0.4, -0.2) is 31.0 Å². The first kappa shape index (κ1) is 13.8. The first-order chi connectivity index (χ1) is 10.0. The minimum Gasteiger partial charge on any atom is -0.481 e. The SMILES string of the molecule is COC(=O)[C@@]12CC(C)C=C(Cc3nc(OC)ccc31)C2=O. The second-order valence-electron chi connectivity index (χ2n) is 5.62. The number of Topliss-reactive ketones (excluding diaryl/α,β-unsaturated/α-hetero) is 1. The third kappa shape index (κ3) is 1.80. The van der Waals surface area contributed by atoms with E-state index in [0.29, 0.717) is 29.9 Å². The molecule has 0 spiro atoms. The Balaban J connectivity index is 2.27. The molecule has 0 radical (unpaired) electrons. The van der Waals surface area contributed by atoms with Gasteiger partial charge in [-0.1, -0.05) is 19.1 Å². The van der Waals surface area contributed by atoms with Crippen molar-refractivity contribution in [1.29, 1.82) is 0 Å². The molecular weight excluding hydrogens is 270 g/mol. The summed E-state index contributed by atoms with van der Waals surface area (Å²) in [6, 6.07) is 3.45. The summed E-state index contributed by atoms with van der Waals surface area (Å²) in [7, 11) is 2.86. The number of nitrogens with zero attached hydrogens (tertiary/aromatic N) is 1. The first-order valence-corrected chi connectivity index (χ1v) is 6.91. The van der Waals surface area contributed by atoms with E-state index in [9.17, 15) is 9.59 Å². The zero-order valence-corrected chi connectivity index (χ0v) is 12.3. The molecule has 0 saturated heterocycles. The molecule has 110 valence electrons. The fraction of sp³-hybridized carbons (Fsp3) is 0.438. The molecule has 1 unspecified atom stereocenters. The number of ether oxygens (including phenoxy) is 2. The smallest absolute Gasteiger partial charge is 0.324 e. The van der Waals surface area contributed by atoms with E-state index < -0.39 is 11.4 Å². The molecular formula is C16H17NO4. The minimum atomic E-state index is -1.24. The van der Waals surface area contributed by atoms with Crippen molar-refractivity contribution in [2.45, 2.75) is 25.2 Å². The molecule has 0 fully saturated rings. The van der Waals surface area contributed by atoms with Gasteiger partial charge >= 0.3 is 5.97 Å². The van der Waals surface area contributed by atoms with Gasteiger partial charge in [0.05, 0.1) is 19.9 Å². The van der Waals surface area contributed by atoms with Crippen LogP contribution in [0.4, 0.5) is 0 Å². The molecule has 0 amide bonds. The summed E-state index contributed by atoms with van der Waals surface area (Å²) in [5, 5.41) is 0. The molecule has 1 heterocycles. The predicted octanol–water partition coefficient (Wildman–Crippen LogP) is 1.59. The van der Waals surface area contributed by atoms with E-state index in [-0.39, 0.29) is 11.7 Å². The maximum Gasteiger partial charge on any atom is 0.324 e. The van der Waals surface area contributed by atoms with Crippen LogP contribution < -0.4 is 4.74 Å². The molecule has 5 nitrogen and oxygen atoms in total. The molecule has 21 heavy (non-hydrogen) atoms. The lowest BCUT2D eigenvalue weighted by molar-refractivity contribution is -0.152. The molecule has 1 aromatic heterocycles. The fourth-order valence-electron chi connectivity index (χ4n) is 3.46. The molecule has 2 atom stereocenters. The molecule has 3 rings (SSSR count). The second kappa shape index (κ2) is 4.69. The van der Waals surface area contributed by atoms with Gasteiger partial charge in [-0.15, -0.1) is 0 Å². The summed E-state index contributed by atoms with van der Waals surface area (Å²) in [4.78, 5) is 29.6. The fourth-order valence-corrected chi connectivity index (χ4v) is 3.46. The molecule has 0 aliphatic heterocycles. The van der Waals surface area contributed by atoms with Gasteiger partial charge in [-0.05, 0) is 23.5 Å². The van der Waals surface area contributed by atoms with Crippen LogP contribution in [0.25, 0.3) is 0 Å². The summed E-state index contributed by atoms with van der Waals surface area (Å²) in [6.45, 7) is 2.01.